The van der Waals surface area contributed by atoms with Crippen LogP contribution in [-0.2, 0) is 0 Å². The van der Waals surface area contributed by atoms with Gasteiger partial charge in [-0.25, -0.2) is 4.98 Å². The lowest BCUT2D eigenvalue weighted by Gasteiger charge is -2.22. The molecule has 5 aromatic rings. The molecule has 1 aromatic heterocycles. The summed E-state index contributed by atoms with van der Waals surface area (Å²) in [6, 6.07) is 38.8. The second kappa shape index (κ2) is 6.95. The van der Waals surface area contributed by atoms with Crippen LogP contribution in [0.4, 0.5) is 0 Å². The Morgan fingerprint density at radius 1 is 0.444 bits per heavy atom. The molecule has 0 amide bonds. The zero-order valence-electron chi connectivity index (χ0n) is 14.8. The maximum absolute atomic E-state index is 4.92. The van der Waals surface area contributed by atoms with Gasteiger partial charge in [0.05, 0.1) is 11.0 Å². The van der Waals surface area contributed by atoms with Crippen molar-refractivity contribution < 1.29 is 0 Å². The van der Waals surface area contributed by atoms with Gasteiger partial charge >= 0.3 is 0 Å². The summed E-state index contributed by atoms with van der Waals surface area (Å²) in [4.78, 5) is 4.92. The maximum atomic E-state index is 4.92. The lowest BCUT2D eigenvalue weighted by atomic mass is 10.1. The summed E-state index contributed by atoms with van der Waals surface area (Å²) < 4.78 is 0. The van der Waals surface area contributed by atoms with Gasteiger partial charge in [0.25, 0.3) is 0 Å². The molecule has 1 heterocycles. The molecule has 2 heteroatoms. The molecule has 0 saturated carbocycles. The van der Waals surface area contributed by atoms with Crippen LogP contribution < -0.4 is 15.9 Å². The van der Waals surface area contributed by atoms with Crippen molar-refractivity contribution in [3.8, 4) is 0 Å². The van der Waals surface area contributed by atoms with Crippen LogP contribution in [0.25, 0.3) is 21.8 Å². The summed E-state index contributed by atoms with van der Waals surface area (Å²) in [6.45, 7) is 0. The number of benzene rings is 4. The number of nitrogens with zero attached hydrogens (tertiary/aromatic N) is 1. The Bertz CT molecular complexity index is 1120. The van der Waals surface area contributed by atoms with E-state index in [4.69, 9.17) is 4.98 Å². The lowest BCUT2D eigenvalue weighted by Crippen LogP contribution is -2.22. The molecule has 0 bridgehead atoms. The Hall–Kier alpha value is -3.02. The number of aromatic nitrogens is 1. The average Bonchev–Trinajstić information content (AvgIpc) is 2.75. The van der Waals surface area contributed by atoms with Gasteiger partial charge in [0, 0.05) is 16.1 Å². The van der Waals surface area contributed by atoms with E-state index in [2.05, 4.69) is 109 Å². The third-order valence-electron chi connectivity index (χ3n) is 4.81. The molecule has 5 rings (SSSR count). The van der Waals surface area contributed by atoms with Gasteiger partial charge in [0.2, 0.25) is 0 Å². The van der Waals surface area contributed by atoms with Gasteiger partial charge in [0.1, 0.15) is 0 Å². The molecule has 0 N–H and O–H groups in total. The van der Waals surface area contributed by atoms with E-state index in [0.717, 1.165) is 11.0 Å². The van der Waals surface area contributed by atoms with Gasteiger partial charge in [0.15, 0.2) is 0 Å². The fourth-order valence-electron chi connectivity index (χ4n) is 3.62. The van der Waals surface area contributed by atoms with Crippen molar-refractivity contribution in [1.82, 2.24) is 4.98 Å². The molecule has 0 spiro atoms. The van der Waals surface area contributed by atoms with Crippen LogP contribution in [0, 0.1) is 0 Å². The highest BCUT2D eigenvalue weighted by Crippen LogP contribution is 2.38. The van der Waals surface area contributed by atoms with Gasteiger partial charge in [-0.15, -0.1) is 0 Å². The standard InChI is InChI=1S/C25H18NP/c1-3-11-19(12-4-1)27(20-13-5-2-6-14-20)25-21-15-7-9-17-23(21)26-24-18-10-8-16-22(24)25/h1-18H. The summed E-state index contributed by atoms with van der Waals surface area (Å²) >= 11 is 0. The summed E-state index contributed by atoms with van der Waals surface area (Å²) in [6.07, 6.45) is 0. The normalized spacial score (nSPS) is 11.3. The van der Waals surface area contributed by atoms with Gasteiger partial charge in [-0.3, -0.25) is 0 Å². The molecule has 27 heavy (non-hydrogen) atoms. The predicted molar refractivity (Wildman–Crippen MR) is 118 cm³/mol. The van der Waals surface area contributed by atoms with E-state index in [9.17, 15) is 0 Å². The number of hydrogen-bond acceptors (Lipinski definition) is 1. The van der Waals surface area contributed by atoms with Gasteiger partial charge < -0.3 is 0 Å². The first-order valence-electron chi connectivity index (χ1n) is 9.09. The van der Waals surface area contributed by atoms with Crippen LogP contribution in [0.2, 0.25) is 0 Å². The Kier molecular flexibility index (Phi) is 4.16. The molecule has 1 nitrogen and oxygen atoms in total. The molecule has 0 aliphatic heterocycles. The topological polar surface area (TPSA) is 12.9 Å². The number of fused-ring (bicyclic) bond motifs is 2. The van der Waals surface area contributed by atoms with Crippen molar-refractivity contribution in [3.63, 3.8) is 0 Å². The number of rotatable bonds is 3. The molecular formula is C25H18NP. The summed E-state index contributed by atoms with van der Waals surface area (Å²) in [5.74, 6) is 0. The summed E-state index contributed by atoms with van der Waals surface area (Å²) in [5, 5.41) is 6.61. The Labute approximate surface area is 160 Å². The van der Waals surface area contributed by atoms with Crippen molar-refractivity contribution in [1.29, 1.82) is 0 Å². The van der Waals surface area contributed by atoms with E-state index < -0.39 is 7.92 Å². The van der Waals surface area contributed by atoms with E-state index in [0.29, 0.717) is 0 Å². The smallest absolute Gasteiger partial charge is 0.0716 e. The van der Waals surface area contributed by atoms with Crippen LogP contribution in [0.3, 0.4) is 0 Å². The lowest BCUT2D eigenvalue weighted by molar-refractivity contribution is 1.51. The van der Waals surface area contributed by atoms with E-state index in [1.807, 2.05) is 0 Å². The molecule has 0 aliphatic carbocycles. The van der Waals surface area contributed by atoms with Crippen molar-refractivity contribution >= 4 is 45.6 Å². The van der Waals surface area contributed by atoms with Crippen molar-refractivity contribution in [2.24, 2.45) is 0 Å². The van der Waals surface area contributed by atoms with Crippen LogP contribution in [0.5, 0.6) is 0 Å². The molecule has 0 atom stereocenters. The molecule has 0 radical (unpaired) electrons. The monoisotopic (exact) mass is 363 g/mol. The van der Waals surface area contributed by atoms with Crippen molar-refractivity contribution in [3.05, 3.63) is 109 Å². The molecule has 0 aliphatic rings. The van der Waals surface area contributed by atoms with E-state index in [-0.39, 0.29) is 0 Å². The fourth-order valence-corrected chi connectivity index (χ4v) is 6.23. The van der Waals surface area contributed by atoms with E-state index in [1.165, 1.54) is 26.7 Å². The van der Waals surface area contributed by atoms with Gasteiger partial charge in [-0.2, -0.15) is 0 Å². The minimum Gasteiger partial charge on any atom is -0.248 e. The first-order chi connectivity index (χ1) is 13.4. The first-order valence-corrected chi connectivity index (χ1v) is 10.4. The molecule has 128 valence electrons. The largest absolute Gasteiger partial charge is 0.248 e. The minimum atomic E-state index is -0.686. The van der Waals surface area contributed by atoms with Crippen LogP contribution in [0.15, 0.2) is 109 Å². The second-order valence-electron chi connectivity index (χ2n) is 6.50. The summed E-state index contributed by atoms with van der Waals surface area (Å²) in [5.41, 5.74) is 2.12. The number of hydrogen-bond donors (Lipinski definition) is 0. The molecule has 0 fully saturated rings. The molecule has 4 aromatic carbocycles. The highest BCUT2D eigenvalue weighted by Gasteiger charge is 2.21. The van der Waals surface area contributed by atoms with Crippen LogP contribution in [-0.4, -0.2) is 4.98 Å². The zero-order chi connectivity index (χ0) is 18.1. The summed E-state index contributed by atoms with van der Waals surface area (Å²) in [7, 11) is -0.686. The maximum Gasteiger partial charge on any atom is 0.0716 e. The van der Waals surface area contributed by atoms with Crippen molar-refractivity contribution in [2.75, 3.05) is 0 Å². The van der Waals surface area contributed by atoms with Crippen LogP contribution >= 0.6 is 7.92 Å². The number of para-hydroxylation sites is 2. The van der Waals surface area contributed by atoms with Crippen molar-refractivity contribution in [2.45, 2.75) is 0 Å². The average molecular weight is 363 g/mol. The quantitative estimate of drug-likeness (QED) is 0.319. The second-order valence-corrected chi connectivity index (χ2v) is 8.65. The highest BCUT2D eigenvalue weighted by molar-refractivity contribution is 7.80. The van der Waals surface area contributed by atoms with Gasteiger partial charge in [-0.05, 0) is 30.7 Å². The Morgan fingerprint density at radius 2 is 0.852 bits per heavy atom. The molecule has 0 unspecified atom stereocenters. The minimum absolute atomic E-state index is 0.686. The predicted octanol–water partition coefficient (Wildman–Crippen LogP) is 5.15. The van der Waals surface area contributed by atoms with Gasteiger partial charge in [-0.1, -0.05) is 97.1 Å². The fraction of sp³-hybridized carbons (Fsp3) is 0. The van der Waals surface area contributed by atoms with E-state index >= 15 is 0 Å². The van der Waals surface area contributed by atoms with E-state index in [1.54, 1.807) is 0 Å². The van der Waals surface area contributed by atoms with Crippen LogP contribution in [0.1, 0.15) is 0 Å². The highest BCUT2D eigenvalue weighted by atomic mass is 31.1. The SMILES string of the molecule is c1ccc(P(c2ccccc2)c2c3ccccc3nc3ccccc23)cc1. The zero-order valence-corrected chi connectivity index (χ0v) is 15.7. The number of pyridine rings is 1. The third-order valence-corrected chi connectivity index (χ3v) is 7.37. The first kappa shape index (κ1) is 16.2. The molecular weight excluding hydrogens is 345 g/mol. The molecule has 0 saturated heterocycles. The Morgan fingerprint density at radius 3 is 1.33 bits per heavy atom. The Balaban J connectivity index is 1.92. The third kappa shape index (κ3) is 2.91.